The van der Waals surface area contributed by atoms with Crippen LogP contribution in [0, 0.1) is 27.7 Å². The number of hydrogen-bond donors (Lipinski definition) is 4. The standard InChI is InChI=1S/2C9H10O3.H2O/c2*1-5-3-8(11)6(2)9(12)7(5)4-10;/h2*3-4,11-12H,1-2H3;1H2. The molecule has 0 aromatic heterocycles. The first-order valence-electron chi connectivity index (χ1n) is 7.10. The lowest BCUT2D eigenvalue weighted by molar-refractivity contribution is 0.111. The number of aryl methyl sites for hydroxylation is 2. The number of hydrogen-bond acceptors (Lipinski definition) is 6. The van der Waals surface area contributed by atoms with Crippen LogP contribution in [0.5, 0.6) is 23.0 Å². The van der Waals surface area contributed by atoms with Crippen molar-refractivity contribution in [2.45, 2.75) is 27.7 Å². The zero-order chi connectivity index (χ0) is 18.6. The van der Waals surface area contributed by atoms with E-state index in [1.807, 2.05) is 0 Å². The van der Waals surface area contributed by atoms with Crippen molar-refractivity contribution >= 4 is 12.6 Å². The molecule has 2 aromatic rings. The van der Waals surface area contributed by atoms with Crippen LogP contribution in [0.2, 0.25) is 0 Å². The molecule has 0 aliphatic heterocycles. The minimum atomic E-state index is -0.137. The topological polar surface area (TPSA) is 147 Å². The van der Waals surface area contributed by atoms with Crippen molar-refractivity contribution < 1.29 is 35.5 Å². The molecular weight excluding hydrogens is 328 g/mol. The van der Waals surface area contributed by atoms with Crippen LogP contribution >= 0.6 is 0 Å². The smallest absolute Gasteiger partial charge is 0.154 e. The lowest BCUT2D eigenvalue weighted by atomic mass is 10.0. The number of aldehydes is 2. The SMILES string of the molecule is Cc1cc(O)c(C)c(O)c1C=O.Cc1cc(O)c(C)c(O)c1C=O.O. The molecule has 0 unspecified atom stereocenters. The Hall–Kier alpha value is -3.06. The third-order valence-electron chi connectivity index (χ3n) is 3.78. The predicted octanol–water partition coefficient (Wildman–Crippen LogP) is 2.23. The fourth-order valence-electron chi connectivity index (χ4n) is 2.10. The molecule has 0 bridgehead atoms. The van der Waals surface area contributed by atoms with Gasteiger partial charge in [-0.25, -0.2) is 0 Å². The maximum atomic E-state index is 10.5. The van der Waals surface area contributed by atoms with Crippen LogP contribution in [0.4, 0.5) is 0 Å². The fraction of sp³-hybridized carbons (Fsp3) is 0.222. The first kappa shape index (κ1) is 21.9. The van der Waals surface area contributed by atoms with Gasteiger partial charge in [-0.2, -0.15) is 0 Å². The maximum absolute atomic E-state index is 10.5. The zero-order valence-corrected chi connectivity index (χ0v) is 14.4. The van der Waals surface area contributed by atoms with Crippen molar-refractivity contribution in [2.75, 3.05) is 0 Å². The van der Waals surface area contributed by atoms with E-state index in [9.17, 15) is 30.0 Å². The number of aromatic hydroxyl groups is 4. The summed E-state index contributed by atoms with van der Waals surface area (Å²) in [7, 11) is 0. The van der Waals surface area contributed by atoms with Crippen LogP contribution in [0.15, 0.2) is 12.1 Å². The molecule has 2 rings (SSSR count). The molecule has 2 aromatic carbocycles. The second-order valence-corrected chi connectivity index (χ2v) is 5.44. The van der Waals surface area contributed by atoms with Crippen molar-refractivity contribution in [1.82, 2.24) is 0 Å². The molecule has 0 aliphatic rings. The highest BCUT2D eigenvalue weighted by molar-refractivity contribution is 5.83. The summed E-state index contributed by atoms with van der Waals surface area (Å²) < 4.78 is 0. The summed E-state index contributed by atoms with van der Waals surface area (Å²) in [6.07, 6.45) is 1.16. The molecule has 6 N–H and O–H groups in total. The Balaban J connectivity index is 0.000000443. The molecule has 136 valence electrons. The van der Waals surface area contributed by atoms with Crippen molar-refractivity contribution in [3.05, 3.63) is 45.5 Å². The number of benzene rings is 2. The van der Waals surface area contributed by atoms with E-state index in [1.165, 1.54) is 12.1 Å². The quantitative estimate of drug-likeness (QED) is 0.611. The number of carbonyl (C=O) groups is 2. The number of phenols is 4. The van der Waals surface area contributed by atoms with Crippen LogP contribution in [0.25, 0.3) is 0 Å². The molecule has 0 amide bonds. The normalized spacial score (nSPS) is 9.44. The van der Waals surface area contributed by atoms with Crippen molar-refractivity contribution in [2.24, 2.45) is 0 Å². The lowest BCUT2D eigenvalue weighted by Gasteiger charge is -2.06. The van der Waals surface area contributed by atoms with Gasteiger partial charge in [-0.05, 0) is 51.0 Å². The molecule has 0 spiro atoms. The van der Waals surface area contributed by atoms with Crippen LogP contribution in [0.3, 0.4) is 0 Å². The minimum absolute atomic E-state index is 0. The molecule has 7 heteroatoms. The largest absolute Gasteiger partial charge is 0.508 e. The monoisotopic (exact) mass is 350 g/mol. The average molecular weight is 350 g/mol. The Morgan fingerprint density at radius 2 is 0.960 bits per heavy atom. The molecule has 0 radical (unpaired) electrons. The van der Waals surface area contributed by atoms with Gasteiger partial charge in [-0.3, -0.25) is 9.59 Å². The molecule has 25 heavy (non-hydrogen) atoms. The fourth-order valence-corrected chi connectivity index (χ4v) is 2.10. The van der Waals surface area contributed by atoms with Gasteiger partial charge in [0.15, 0.2) is 12.6 Å². The highest BCUT2D eigenvalue weighted by Crippen LogP contribution is 2.31. The van der Waals surface area contributed by atoms with Crippen LogP contribution in [-0.2, 0) is 0 Å². The van der Waals surface area contributed by atoms with Gasteiger partial charge in [-0.15, -0.1) is 0 Å². The minimum Gasteiger partial charge on any atom is -0.508 e. The third kappa shape index (κ3) is 4.48. The summed E-state index contributed by atoms with van der Waals surface area (Å²) in [5, 5.41) is 37.2. The molecule has 0 fully saturated rings. The Kier molecular flexibility index (Phi) is 7.63. The summed E-state index contributed by atoms with van der Waals surface area (Å²) in [4.78, 5) is 20.9. The van der Waals surface area contributed by atoms with Crippen molar-refractivity contribution in [3.8, 4) is 23.0 Å². The highest BCUT2D eigenvalue weighted by atomic mass is 16.3. The second-order valence-electron chi connectivity index (χ2n) is 5.44. The zero-order valence-electron chi connectivity index (χ0n) is 14.4. The van der Waals surface area contributed by atoms with Gasteiger partial charge < -0.3 is 25.9 Å². The number of rotatable bonds is 2. The summed E-state index contributed by atoms with van der Waals surface area (Å²) in [6.45, 7) is 6.42. The number of carbonyl (C=O) groups excluding carboxylic acids is 2. The van der Waals surface area contributed by atoms with E-state index in [0.29, 0.717) is 34.8 Å². The summed E-state index contributed by atoms with van der Waals surface area (Å²) in [6, 6.07) is 2.91. The van der Waals surface area contributed by atoms with Crippen molar-refractivity contribution in [1.29, 1.82) is 0 Å². The molecule has 0 heterocycles. The van der Waals surface area contributed by atoms with E-state index in [2.05, 4.69) is 0 Å². The van der Waals surface area contributed by atoms with E-state index in [1.54, 1.807) is 27.7 Å². The predicted molar refractivity (Wildman–Crippen MR) is 92.9 cm³/mol. The molecule has 0 saturated carbocycles. The van der Waals surface area contributed by atoms with Gasteiger partial charge in [0.05, 0.1) is 11.1 Å². The molecule has 0 aliphatic carbocycles. The Bertz CT molecular complexity index is 727. The maximum Gasteiger partial charge on any atom is 0.154 e. The van der Waals surface area contributed by atoms with Gasteiger partial charge in [0.25, 0.3) is 0 Å². The van der Waals surface area contributed by atoms with E-state index < -0.39 is 0 Å². The first-order chi connectivity index (χ1) is 11.1. The number of phenolic OH excluding ortho intramolecular Hbond substituents is 4. The van der Waals surface area contributed by atoms with Gasteiger partial charge >= 0.3 is 0 Å². The first-order valence-corrected chi connectivity index (χ1v) is 7.10. The Morgan fingerprint density at radius 3 is 1.20 bits per heavy atom. The van der Waals surface area contributed by atoms with E-state index in [0.717, 1.165) is 0 Å². The Labute approximate surface area is 145 Å². The van der Waals surface area contributed by atoms with E-state index in [-0.39, 0.29) is 39.6 Å². The van der Waals surface area contributed by atoms with Crippen LogP contribution in [0.1, 0.15) is 43.0 Å². The van der Waals surface area contributed by atoms with E-state index in [4.69, 9.17) is 0 Å². The third-order valence-corrected chi connectivity index (χ3v) is 3.78. The van der Waals surface area contributed by atoms with Crippen LogP contribution in [-0.4, -0.2) is 38.5 Å². The average Bonchev–Trinajstić information content (AvgIpc) is 2.52. The Morgan fingerprint density at radius 1 is 0.680 bits per heavy atom. The molecule has 0 saturated heterocycles. The second kappa shape index (κ2) is 8.70. The lowest BCUT2D eigenvalue weighted by Crippen LogP contribution is -1.90. The molecule has 7 nitrogen and oxygen atoms in total. The van der Waals surface area contributed by atoms with Gasteiger partial charge in [-0.1, -0.05) is 0 Å². The van der Waals surface area contributed by atoms with Crippen molar-refractivity contribution in [3.63, 3.8) is 0 Å². The summed E-state index contributed by atoms with van der Waals surface area (Å²) >= 11 is 0. The summed E-state index contributed by atoms with van der Waals surface area (Å²) in [5.41, 5.74) is 2.30. The van der Waals surface area contributed by atoms with Gasteiger partial charge in [0.2, 0.25) is 0 Å². The highest BCUT2D eigenvalue weighted by Gasteiger charge is 2.11. The molecular formula is C18H22O7. The molecule has 0 atom stereocenters. The van der Waals surface area contributed by atoms with Crippen LogP contribution < -0.4 is 0 Å². The summed E-state index contributed by atoms with van der Waals surface area (Å²) in [5.74, 6) is -0.254. The van der Waals surface area contributed by atoms with Gasteiger partial charge in [0, 0.05) is 11.1 Å². The van der Waals surface area contributed by atoms with E-state index >= 15 is 0 Å². The van der Waals surface area contributed by atoms with Gasteiger partial charge in [0.1, 0.15) is 23.0 Å².